The zero-order chi connectivity index (χ0) is 20.8. The average molecular weight is 398 g/mol. The van der Waals surface area contributed by atoms with Gasteiger partial charge >= 0.3 is 5.97 Å². The number of rotatable bonds is 7. The number of ether oxygens (including phenoxy) is 3. The quantitative estimate of drug-likeness (QED) is 0.719. The molecule has 0 fully saturated rings. The Morgan fingerprint density at radius 2 is 1.76 bits per heavy atom. The molecule has 0 saturated heterocycles. The number of amides is 2. The second kappa shape index (κ2) is 9.09. The van der Waals surface area contributed by atoms with Gasteiger partial charge in [0.05, 0.1) is 25.6 Å². The van der Waals surface area contributed by atoms with E-state index < -0.39 is 18.5 Å². The van der Waals surface area contributed by atoms with Crippen molar-refractivity contribution in [3.8, 4) is 11.5 Å². The number of anilines is 2. The van der Waals surface area contributed by atoms with E-state index in [-0.39, 0.29) is 18.9 Å². The Hall–Kier alpha value is -3.55. The van der Waals surface area contributed by atoms with Crippen molar-refractivity contribution in [2.24, 2.45) is 0 Å². The summed E-state index contributed by atoms with van der Waals surface area (Å²) in [6, 6.07) is 12.3. The number of fused-ring (bicyclic) bond motifs is 1. The van der Waals surface area contributed by atoms with Crippen LogP contribution < -0.4 is 19.7 Å². The van der Waals surface area contributed by atoms with Gasteiger partial charge in [0.25, 0.3) is 5.91 Å². The van der Waals surface area contributed by atoms with Crippen molar-refractivity contribution >= 4 is 29.2 Å². The molecule has 0 radical (unpaired) electrons. The lowest BCUT2D eigenvalue weighted by Gasteiger charge is -2.28. The number of carbonyl (C=O) groups is 3. The Morgan fingerprint density at radius 3 is 2.45 bits per heavy atom. The summed E-state index contributed by atoms with van der Waals surface area (Å²) in [6.45, 7) is -0.543. The predicted octanol–water partition coefficient (Wildman–Crippen LogP) is 2.16. The maximum absolute atomic E-state index is 12.5. The number of carbonyl (C=O) groups excluding carboxylic acids is 3. The smallest absolute Gasteiger partial charge is 0.306 e. The van der Waals surface area contributed by atoms with Gasteiger partial charge in [0.15, 0.2) is 6.61 Å². The van der Waals surface area contributed by atoms with Gasteiger partial charge in [-0.3, -0.25) is 19.3 Å². The molecule has 0 aliphatic carbocycles. The van der Waals surface area contributed by atoms with Crippen LogP contribution in [-0.2, 0) is 25.5 Å². The summed E-state index contributed by atoms with van der Waals surface area (Å²) < 4.78 is 15.5. The van der Waals surface area contributed by atoms with Crippen molar-refractivity contribution in [3.63, 3.8) is 0 Å². The molecular weight excluding hydrogens is 376 g/mol. The van der Waals surface area contributed by atoms with Crippen LogP contribution in [0.25, 0.3) is 0 Å². The topological polar surface area (TPSA) is 94.2 Å². The Labute approximate surface area is 168 Å². The van der Waals surface area contributed by atoms with Gasteiger partial charge in [0.1, 0.15) is 18.0 Å². The minimum absolute atomic E-state index is 0.0979. The third kappa shape index (κ3) is 5.04. The Balaban J connectivity index is 1.55. The third-order valence-corrected chi connectivity index (χ3v) is 4.46. The van der Waals surface area contributed by atoms with Crippen molar-refractivity contribution in [2.45, 2.75) is 12.8 Å². The molecule has 29 heavy (non-hydrogen) atoms. The van der Waals surface area contributed by atoms with Gasteiger partial charge in [-0.25, -0.2) is 0 Å². The van der Waals surface area contributed by atoms with E-state index in [0.29, 0.717) is 29.3 Å². The van der Waals surface area contributed by atoms with Crippen LogP contribution in [0.15, 0.2) is 42.5 Å². The largest absolute Gasteiger partial charge is 0.497 e. The normalized spacial score (nSPS) is 12.6. The molecule has 0 unspecified atom stereocenters. The van der Waals surface area contributed by atoms with Crippen LogP contribution >= 0.6 is 0 Å². The number of para-hydroxylation sites is 2. The van der Waals surface area contributed by atoms with Crippen molar-refractivity contribution in [3.05, 3.63) is 48.0 Å². The van der Waals surface area contributed by atoms with Gasteiger partial charge in [0, 0.05) is 12.5 Å². The number of hydrogen-bond acceptors (Lipinski definition) is 6. The van der Waals surface area contributed by atoms with Gasteiger partial charge in [-0.2, -0.15) is 0 Å². The molecule has 152 valence electrons. The second-order valence-corrected chi connectivity index (χ2v) is 6.43. The zero-order valence-corrected chi connectivity index (χ0v) is 16.3. The molecule has 2 aromatic rings. The monoisotopic (exact) mass is 398 g/mol. The summed E-state index contributed by atoms with van der Waals surface area (Å²) in [5.41, 5.74) is 1.98. The molecule has 0 bridgehead atoms. The van der Waals surface area contributed by atoms with E-state index in [1.807, 2.05) is 12.1 Å². The molecule has 0 atom stereocenters. The van der Waals surface area contributed by atoms with Crippen molar-refractivity contribution in [2.75, 3.05) is 37.6 Å². The summed E-state index contributed by atoms with van der Waals surface area (Å²) in [6.07, 6.45) is 0.510. The van der Waals surface area contributed by atoms with E-state index in [9.17, 15) is 14.4 Å². The van der Waals surface area contributed by atoms with Crippen LogP contribution in [0.3, 0.4) is 0 Å². The minimum Gasteiger partial charge on any atom is -0.497 e. The maximum atomic E-state index is 12.5. The van der Waals surface area contributed by atoms with Crippen LogP contribution in [-0.4, -0.2) is 45.2 Å². The summed E-state index contributed by atoms with van der Waals surface area (Å²) in [5, 5.41) is 2.71. The molecule has 1 heterocycles. The standard InChI is InChI=1S/C21H22N2O6/c1-27-15-9-14(10-16(11-15)28-2)7-8-21(26)29-13-20(25)23-12-19(24)22-17-5-3-4-6-18(17)23/h3-6,9-11H,7-8,12-13H2,1-2H3,(H,22,24). The van der Waals surface area contributed by atoms with Crippen LogP contribution in [0, 0.1) is 0 Å². The zero-order valence-electron chi connectivity index (χ0n) is 16.3. The van der Waals surface area contributed by atoms with Crippen molar-refractivity contribution in [1.82, 2.24) is 0 Å². The Kier molecular flexibility index (Phi) is 6.33. The SMILES string of the molecule is COc1cc(CCC(=O)OCC(=O)N2CC(=O)Nc3ccccc32)cc(OC)c1. The van der Waals surface area contributed by atoms with Crippen molar-refractivity contribution < 1.29 is 28.6 Å². The van der Waals surface area contributed by atoms with Crippen molar-refractivity contribution in [1.29, 1.82) is 0 Å². The van der Waals surface area contributed by atoms with E-state index in [1.54, 1.807) is 44.6 Å². The molecule has 0 spiro atoms. The highest BCUT2D eigenvalue weighted by Crippen LogP contribution is 2.29. The van der Waals surface area contributed by atoms with Crippen LogP contribution in [0.1, 0.15) is 12.0 Å². The Bertz CT molecular complexity index is 905. The van der Waals surface area contributed by atoms with E-state index >= 15 is 0 Å². The molecule has 3 rings (SSSR count). The highest BCUT2D eigenvalue weighted by molar-refractivity contribution is 6.10. The highest BCUT2D eigenvalue weighted by atomic mass is 16.5. The lowest BCUT2D eigenvalue weighted by atomic mass is 10.1. The minimum atomic E-state index is -0.505. The fraction of sp³-hybridized carbons (Fsp3) is 0.286. The summed E-state index contributed by atoms with van der Waals surface area (Å²) >= 11 is 0. The molecule has 0 aromatic heterocycles. The first-order valence-corrected chi connectivity index (χ1v) is 9.07. The predicted molar refractivity (Wildman–Crippen MR) is 106 cm³/mol. The number of methoxy groups -OCH3 is 2. The van der Waals surface area contributed by atoms with E-state index in [4.69, 9.17) is 14.2 Å². The first-order chi connectivity index (χ1) is 14.0. The molecule has 1 aliphatic rings. The summed E-state index contributed by atoms with van der Waals surface area (Å²) in [5.74, 6) is 0.00352. The molecule has 2 aromatic carbocycles. The Morgan fingerprint density at radius 1 is 1.07 bits per heavy atom. The van der Waals surface area contributed by atoms with Gasteiger partial charge in [0.2, 0.25) is 5.91 Å². The van der Waals surface area contributed by atoms with E-state index in [1.165, 1.54) is 4.90 Å². The maximum Gasteiger partial charge on any atom is 0.306 e. The fourth-order valence-corrected chi connectivity index (χ4v) is 3.01. The molecular formula is C21H22N2O6. The van der Waals surface area contributed by atoms with Crippen LogP contribution in [0.2, 0.25) is 0 Å². The highest BCUT2D eigenvalue weighted by Gasteiger charge is 2.27. The first kappa shape index (κ1) is 20.2. The van der Waals surface area contributed by atoms with Gasteiger partial charge < -0.3 is 19.5 Å². The molecule has 8 nitrogen and oxygen atoms in total. The van der Waals surface area contributed by atoms with E-state index in [2.05, 4.69) is 5.32 Å². The number of hydrogen-bond donors (Lipinski definition) is 1. The first-order valence-electron chi connectivity index (χ1n) is 9.07. The molecule has 8 heteroatoms. The summed E-state index contributed by atoms with van der Waals surface area (Å²) in [4.78, 5) is 37.7. The van der Waals surface area contributed by atoms with E-state index in [0.717, 1.165) is 5.56 Å². The molecule has 2 amide bonds. The van der Waals surface area contributed by atoms with Crippen LogP contribution in [0.5, 0.6) is 11.5 Å². The van der Waals surface area contributed by atoms with Crippen LogP contribution in [0.4, 0.5) is 11.4 Å². The molecule has 1 N–H and O–H groups in total. The second-order valence-electron chi connectivity index (χ2n) is 6.43. The average Bonchev–Trinajstić information content (AvgIpc) is 2.74. The molecule has 1 aliphatic heterocycles. The number of aryl methyl sites for hydroxylation is 1. The van der Waals surface area contributed by atoms with Gasteiger partial charge in [-0.1, -0.05) is 12.1 Å². The summed E-state index contributed by atoms with van der Waals surface area (Å²) in [7, 11) is 3.11. The lowest BCUT2D eigenvalue weighted by molar-refractivity contribution is -0.147. The molecule has 0 saturated carbocycles. The lowest BCUT2D eigenvalue weighted by Crippen LogP contribution is -2.44. The van der Waals surface area contributed by atoms with Gasteiger partial charge in [-0.05, 0) is 36.2 Å². The number of nitrogens with one attached hydrogen (secondary N) is 1. The number of benzene rings is 2. The number of esters is 1. The number of nitrogens with zero attached hydrogens (tertiary/aromatic N) is 1. The fourth-order valence-electron chi connectivity index (χ4n) is 3.01. The van der Waals surface area contributed by atoms with Gasteiger partial charge in [-0.15, -0.1) is 0 Å². The third-order valence-electron chi connectivity index (χ3n) is 4.46.